The van der Waals surface area contributed by atoms with Gasteiger partial charge in [-0.2, -0.15) is 13.2 Å². The normalized spacial score (nSPS) is 12.6. The second-order valence-corrected chi connectivity index (χ2v) is 11.8. The van der Waals surface area contributed by atoms with Crippen LogP contribution in [-0.2, 0) is 32.3 Å². The predicted octanol–water partition coefficient (Wildman–Crippen LogP) is 4.84. The van der Waals surface area contributed by atoms with Gasteiger partial charge >= 0.3 is 6.18 Å². The second-order valence-electron chi connectivity index (χ2n) is 9.92. The first-order valence-electron chi connectivity index (χ1n) is 13.0. The summed E-state index contributed by atoms with van der Waals surface area (Å²) in [5, 5.41) is 2.87. The number of hydrogen-bond donors (Lipinski definition) is 1. The molecule has 0 unspecified atom stereocenters. The zero-order chi connectivity index (χ0) is 30.1. The van der Waals surface area contributed by atoms with Gasteiger partial charge in [0.2, 0.25) is 21.8 Å². The smallest absolute Gasteiger partial charge is 0.416 e. The van der Waals surface area contributed by atoms with Gasteiger partial charge in [-0.25, -0.2) is 8.42 Å². The van der Waals surface area contributed by atoms with Crippen LogP contribution in [0.15, 0.2) is 48.5 Å². The van der Waals surface area contributed by atoms with Crippen molar-refractivity contribution in [3.63, 3.8) is 0 Å². The summed E-state index contributed by atoms with van der Waals surface area (Å²) in [7, 11) is -2.42. The van der Waals surface area contributed by atoms with E-state index in [9.17, 15) is 31.2 Å². The fourth-order valence-electron chi connectivity index (χ4n) is 4.15. The van der Waals surface area contributed by atoms with Crippen LogP contribution in [-0.4, -0.2) is 57.6 Å². The van der Waals surface area contributed by atoms with E-state index in [1.54, 1.807) is 31.2 Å². The number of methoxy groups -OCH3 is 1. The molecule has 0 saturated carbocycles. The first-order valence-corrected chi connectivity index (χ1v) is 14.9. The van der Waals surface area contributed by atoms with Crippen molar-refractivity contribution in [1.82, 2.24) is 10.2 Å². The molecule has 12 heteroatoms. The lowest BCUT2D eigenvalue weighted by Crippen LogP contribution is -2.49. The summed E-state index contributed by atoms with van der Waals surface area (Å²) in [5.74, 6) is 0.120. The van der Waals surface area contributed by atoms with E-state index in [1.807, 2.05) is 13.8 Å². The summed E-state index contributed by atoms with van der Waals surface area (Å²) in [6, 6.07) is 10.4. The molecule has 0 fully saturated rings. The molecule has 0 spiro atoms. The fraction of sp³-hybridized carbons (Fsp3) is 0.500. The summed E-state index contributed by atoms with van der Waals surface area (Å²) in [6.45, 7) is 6.06. The van der Waals surface area contributed by atoms with Crippen molar-refractivity contribution in [2.75, 3.05) is 30.8 Å². The Morgan fingerprint density at radius 2 is 1.75 bits per heavy atom. The number of carbonyl (C=O) groups is 2. The van der Waals surface area contributed by atoms with E-state index in [0.717, 1.165) is 34.3 Å². The minimum absolute atomic E-state index is 0.0286. The van der Waals surface area contributed by atoms with Crippen molar-refractivity contribution >= 4 is 27.5 Å². The highest BCUT2D eigenvalue weighted by Gasteiger charge is 2.32. The fourth-order valence-corrected chi connectivity index (χ4v) is 5.11. The number of nitrogens with one attached hydrogen (secondary N) is 1. The monoisotopic (exact) mass is 585 g/mol. The van der Waals surface area contributed by atoms with Gasteiger partial charge in [-0.3, -0.25) is 13.9 Å². The van der Waals surface area contributed by atoms with Crippen LogP contribution in [0.5, 0.6) is 5.75 Å². The lowest BCUT2D eigenvalue weighted by Gasteiger charge is -2.31. The lowest BCUT2D eigenvalue weighted by atomic mass is 10.1. The highest BCUT2D eigenvalue weighted by Crippen LogP contribution is 2.32. The average Bonchev–Trinajstić information content (AvgIpc) is 2.88. The van der Waals surface area contributed by atoms with Crippen molar-refractivity contribution in [2.45, 2.75) is 58.8 Å². The van der Waals surface area contributed by atoms with Gasteiger partial charge in [0.25, 0.3) is 0 Å². The molecular formula is C28H38F3N3O5S. The van der Waals surface area contributed by atoms with Crippen LogP contribution in [0.4, 0.5) is 18.9 Å². The van der Waals surface area contributed by atoms with Gasteiger partial charge in [0.1, 0.15) is 11.8 Å². The molecule has 0 aromatic heterocycles. The lowest BCUT2D eigenvalue weighted by molar-refractivity contribution is -0.141. The topological polar surface area (TPSA) is 96.0 Å². The summed E-state index contributed by atoms with van der Waals surface area (Å²) in [6.07, 6.45) is -3.49. The third-order valence-electron chi connectivity index (χ3n) is 6.17. The minimum Gasteiger partial charge on any atom is -0.497 e. The van der Waals surface area contributed by atoms with Crippen LogP contribution in [0.3, 0.4) is 0 Å². The van der Waals surface area contributed by atoms with Crippen LogP contribution in [0.25, 0.3) is 0 Å². The summed E-state index contributed by atoms with van der Waals surface area (Å²) < 4.78 is 70.7. The van der Waals surface area contributed by atoms with E-state index in [0.29, 0.717) is 18.7 Å². The van der Waals surface area contributed by atoms with E-state index < -0.39 is 27.8 Å². The number of anilines is 1. The van der Waals surface area contributed by atoms with Crippen molar-refractivity contribution in [3.05, 3.63) is 59.7 Å². The SMILES string of the molecule is CC[C@@H](C(=O)NCC(C)C)N(Cc1cccc(OC)c1)C(=O)CCCN(c1cccc(C(F)(F)F)c1)S(C)(=O)=O. The number of alkyl halides is 3. The average molecular weight is 586 g/mol. The van der Waals surface area contributed by atoms with Gasteiger partial charge in [0.15, 0.2) is 0 Å². The molecule has 2 rings (SSSR count). The molecule has 1 N–H and O–H groups in total. The third kappa shape index (κ3) is 9.72. The number of halogens is 3. The Morgan fingerprint density at radius 1 is 1.07 bits per heavy atom. The molecule has 40 heavy (non-hydrogen) atoms. The predicted molar refractivity (Wildman–Crippen MR) is 148 cm³/mol. The Hall–Kier alpha value is -3.28. The summed E-state index contributed by atoms with van der Waals surface area (Å²) in [4.78, 5) is 28.0. The zero-order valence-corrected chi connectivity index (χ0v) is 24.3. The molecule has 0 bridgehead atoms. The Kier molecular flexibility index (Phi) is 11.8. The molecule has 0 radical (unpaired) electrons. The van der Waals surface area contributed by atoms with E-state index in [2.05, 4.69) is 5.32 Å². The molecule has 1 atom stereocenters. The first-order chi connectivity index (χ1) is 18.7. The number of sulfonamides is 1. The maximum absolute atomic E-state index is 13.5. The second kappa shape index (κ2) is 14.4. The van der Waals surface area contributed by atoms with E-state index in [4.69, 9.17) is 4.74 Å². The van der Waals surface area contributed by atoms with Crippen LogP contribution >= 0.6 is 0 Å². The standard InChI is InChI=1S/C28H38F3N3O5S/c1-6-25(27(36)32-18-20(2)3)33(19-21-10-7-13-24(16-21)39-4)26(35)14-9-15-34(40(5,37)38)23-12-8-11-22(17-23)28(29,30)31/h7-8,10-13,16-17,20,25H,6,9,14-15,18-19H2,1-5H3,(H,32,36)/t25-/m0/s1. The van der Waals surface area contributed by atoms with Gasteiger partial charge < -0.3 is 15.0 Å². The molecular weight excluding hydrogens is 547 g/mol. The third-order valence-corrected chi connectivity index (χ3v) is 7.37. The number of carbonyl (C=O) groups excluding carboxylic acids is 2. The highest BCUT2D eigenvalue weighted by molar-refractivity contribution is 7.92. The van der Waals surface area contributed by atoms with Gasteiger partial charge in [-0.15, -0.1) is 0 Å². The minimum atomic E-state index is -4.64. The van der Waals surface area contributed by atoms with Crippen molar-refractivity contribution in [2.24, 2.45) is 5.92 Å². The number of hydrogen-bond acceptors (Lipinski definition) is 5. The quantitative estimate of drug-likeness (QED) is 0.342. The molecule has 0 aliphatic heterocycles. The van der Waals surface area contributed by atoms with Crippen LogP contribution < -0.4 is 14.4 Å². The highest BCUT2D eigenvalue weighted by atomic mass is 32.2. The Morgan fingerprint density at radius 3 is 2.33 bits per heavy atom. The first kappa shape index (κ1) is 32.9. The van der Waals surface area contributed by atoms with Gasteiger partial charge in [0.05, 0.1) is 24.6 Å². The molecule has 8 nitrogen and oxygen atoms in total. The Bertz CT molecular complexity index is 1250. The molecule has 0 saturated heterocycles. The van der Waals surface area contributed by atoms with Gasteiger partial charge in [-0.1, -0.05) is 39.0 Å². The van der Waals surface area contributed by atoms with Crippen LogP contribution in [0, 0.1) is 5.92 Å². The molecule has 2 aromatic rings. The van der Waals surface area contributed by atoms with Crippen molar-refractivity contribution < 1.29 is 35.9 Å². The number of nitrogens with zero attached hydrogens (tertiary/aromatic N) is 2. The molecule has 0 aliphatic rings. The van der Waals surface area contributed by atoms with Crippen LogP contribution in [0.1, 0.15) is 51.2 Å². The maximum atomic E-state index is 13.5. The number of ether oxygens (including phenoxy) is 1. The van der Waals surface area contributed by atoms with E-state index >= 15 is 0 Å². The van der Waals surface area contributed by atoms with Crippen LogP contribution in [0.2, 0.25) is 0 Å². The molecule has 2 amide bonds. The van der Waals surface area contributed by atoms with Gasteiger partial charge in [-0.05, 0) is 54.7 Å². The Labute approximate surface area is 234 Å². The summed E-state index contributed by atoms with van der Waals surface area (Å²) in [5.41, 5.74) is -0.376. The summed E-state index contributed by atoms with van der Waals surface area (Å²) >= 11 is 0. The number of amides is 2. The van der Waals surface area contributed by atoms with Crippen molar-refractivity contribution in [3.8, 4) is 5.75 Å². The number of benzene rings is 2. The van der Waals surface area contributed by atoms with Crippen molar-refractivity contribution in [1.29, 1.82) is 0 Å². The molecule has 2 aromatic carbocycles. The van der Waals surface area contributed by atoms with E-state index in [-0.39, 0.29) is 49.4 Å². The molecule has 0 aliphatic carbocycles. The largest absolute Gasteiger partial charge is 0.497 e. The van der Waals surface area contributed by atoms with Gasteiger partial charge in [0, 0.05) is 26.1 Å². The maximum Gasteiger partial charge on any atom is 0.416 e. The number of rotatable bonds is 14. The zero-order valence-electron chi connectivity index (χ0n) is 23.5. The van der Waals surface area contributed by atoms with E-state index in [1.165, 1.54) is 18.1 Å². The molecule has 0 heterocycles. The Balaban J connectivity index is 2.27. The molecule has 222 valence electrons.